The first kappa shape index (κ1) is 9.71. The van der Waals surface area contributed by atoms with Gasteiger partial charge in [-0.1, -0.05) is 13.0 Å². The van der Waals surface area contributed by atoms with E-state index in [0.29, 0.717) is 12.6 Å². The number of hydrogen-bond acceptors (Lipinski definition) is 3. The molecule has 0 fully saturated rings. The van der Waals surface area contributed by atoms with E-state index in [9.17, 15) is 0 Å². The van der Waals surface area contributed by atoms with Crippen LogP contribution >= 0.6 is 11.3 Å². The zero-order valence-corrected chi connectivity index (χ0v) is 8.23. The van der Waals surface area contributed by atoms with Crippen molar-refractivity contribution in [2.45, 2.75) is 19.4 Å². The number of nitrogens with one attached hydrogen (secondary N) is 1. The molecule has 0 radical (unpaired) electrons. The van der Waals surface area contributed by atoms with Gasteiger partial charge < -0.3 is 11.1 Å². The van der Waals surface area contributed by atoms with Crippen molar-refractivity contribution in [2.24, 2.45) is 5.73 Å². The van der Waals surface area contributed by atoms with E-state index in [4.69, 9.17) is 5.73 Å². The maximum atomic E-state index is 5.43. The molecule has 0 saturated heterocycles. The van der Waals surface area contributed by atoms with Crippen molar-refractivity contribution in [1.82, 2.24) is 5.32 Å². The van der Waals surface area contributed by atoms with Gasteiger partial charge in [0.1, 0.15) is 0 Å². The molecular formula is C9H16N2S. The third-order valence-corrected chi connectivity index (χ3v) is 2.82. The number of rotatable bonds is 5. The molecule has 0 saturated carbocycles. The van der Waals surface area contributed by atoms with Crippen molar-refractivity contribution < 1.29 is 0 Å². The van der Waals surface area contributed by atoms with E-state index >= 15 is 0 Å². The Bertz CT molecular complexity index is 196. The van der Waals surface area contributed by atoms with Gasteiger partial charge in [0.05, 0.1) is 0 Å². The first-order valence-electron chi connectivity index (χ1n) is 4.35. The summed E-state index contributed by atoms with van der Waals surface area (Å²) in [5, 5.41) is 5.52. The molecule has 1 aromatic rings. The summed E-state index contributed by atoms with van der Waals surface area (Å²) in [5.41, 5.74) is 5.43. The fourth-order valence-electron chi connectivity index (χ4n) is 1.19. The van der Waals surface area contributed by atoms with Crippen molar-refractivity contribution in [3.63, 3.8) is 0 Å². The van der Waals surface area contributed by atoms with Gasteiger partial charge in [-0.05, 0) is 17.9 Å². The molecular weight excluding hydrogens is 168 g/mol. The first-order valence-corrected chi connectivity index (χ1v) is 5.23. The number of hydrogen-bond donors (Lipinski definition) is 2. The second-order valence-electron chi connectivity index (χ2n) is 2.72. The van der Waals surface area contributed by atoms with Crippen LogP contribution in [0.25, 0.3) is 0 Å². The monoisotopic (exact) mass is 184 g/mol. The highest BCUT2D eigenvalue weighted by Crippen LogP contribution is 2.20. The second-order valence-corrected chi connectivity index (χ2v) is 3.70. The average molecular weight is 184 g/mol. The summed E-state index contributed by atoms with van der Waals surface area (Å²) in [6, 6.07) is 4.75. The van der Waals surface area contributed by atoms with Gasteiger partial charge in [0.2, 0.25) is 0 Å². The lowest BCUT2D eigenvalue weighted by Crippen LogP contribution is -2.26. The topological polar surface area (TPSA) is 38.0 Å². The zero-order chi connectivity index (χ0) is 8.81. The minimum Gasteiger partial charge on any atom is -0.329 e. The third kappa shape index (κ3) is 2.59. The highest BCUT2D eigenvalue weighted by Gasteiger charge is 2.07. The third-order valence-electron chi connectivity index (χ3n) is 1.83. The Balaban J connectivity index is 2.45. The molecule has 12 heavy (non-hydrogen) atoms. The fourth-order valence-corrected chi connectivity index (χ4v) is 2.08. The summed E-state index contributed by atoms with van der Waals surface area (Å²) >= 11 is 1.80. The lowest BCUT2D eigenvalue weighted by molar-refractivity contribution is 0.534. The maximum Gasteiger partial charge on any atom is 0.0412 e. The molecule has 1 heterocycles. The van der Waals surface area contributed by atoms with Crippen molar-refractivity contribution in [3.8, 4) is 0 Å². The predicted octanol–water partition coefficient (Wildman–Crippen LogP) is 1.75. The average Bonchev–Trinajstić information content (AvgIpc) is 2.59. The van der Waals surface area contributed by atoms with Crippen LogP contribution in [0.1, 0.15) is 24.3 Å². The van der Waals surface area contributed by atoms with Crippen LogP contribution in [0, 0.1) is 0 Å². The quantitative estimate of drug-likeness (QED) is 0.731. The van der Waals surface area contributed by atoms with E-state index in [1.165, 1.54) is 4.88 Å². The Morgan fingerprint density at radius 1 is 1.67 bits per heavy atom. The largest absolute Gasteiger partial charge is 0.329 e. The minimum atomic E-state index is 0.494. The van der Waals surface area contributed by atoms with Crippen LogP contribution in [0.4, 0.5) is 0 Å². The number of nitrogens with two attached hydrogens (primary N) is 1. The normalized spacial score (nSPS) is 13.2. The fraction of sp³-hybridized carbons (Fsp3) is 0.556. The van der Waals surface area contributed by atoms with Gasteiger partial charge in [0, 0.05) is 24.0 Å². The van der Waals surface area contributed by atoms with Crippen LogP contribution in [0.15, 0.2) is 17.5 Å². The van der Waals surface area contributed by atoms with Crippen molar-refractivity contribution >= 4 is 11.3 Å². The van der Waals surface area contributed by atoms with Gasteiger partial charge in [-0.15, -0.1) is 11.3 Å². The molecule has 1 rings (SSSR count). The molecule has 0 amide bonds. The van der Waals surface area contributed by atoms with Crippen LogP contribution in [0.3, 0.4) is 0 Å². The predicted molar refractivity (Wildman–Crippen MR) is 54.4 cm³/mol. The van der Waals surface area contributed by atoms with Gasteiger partial charge in [0.15, 0.2) is 0 Å². The minimum absolute atomic E-state index is 0.494. The molecule has 1 atom stereocenters. The Kier molecular flexibility index (Phi) is 4.29. The van der Waals surface area contributed by atoms with Crippen molar-refractivity contribution in [1.29, 1.82) is 0 Å². The van der Waals surface area contributed by atoms with Crippen molar-refractivity contribution in [2.75, 3.05) is 13.1 Å². The van der Waals surface area contributed by atoms with Gasteiger partial charge in [-0.3, -0.25) is 0 Å². The van der Waals surface area contributed by atoms with Gasteiger partial charge in [-0.2, -0.15) is 0 Å². The maximum absolute atomic E-state index is 5.43. The Hall–Kier alpha value is -0.380. The summed E-state index contributed by atoms with van der Waals surface area (Å²) in [7, 11) is 0. The van der Waals surface area contributed by atoms with E-state index < -0.39 is 0 Å². The molecule has 0 aliphatic heterocycles. The highest BCUT2D eigenvalue weighted by atomic mass is 32.1. The smallest absolute Gasteiger partial charge is 0.0412 e. The van der Waals surface area contributed by atoms with E-state index in [2.05, 4.69) is 29.8 Å². The summed E-state index contributed by atoms with van der Waals surface area (Å²) in [6.45, 7) is 3.80. The molecule has 3 heteroatoms. The lowest BCUT2D eigenvalue weighted by atomic mass is 10.2. The molecule has 1 unspecified atom stereocenters. The molecule has 68 valence electrons. The SMILES string of the molecule is CCC(NCCN)c1cccs1. The van der Waals surface area contributed by atoms with Gasteiger partial charge in [-0.25, -0.2) is 0 Å². The number of thiophene rings is 1. The van der Waals surface area contributed by atoms with E-state index in [0.717, 1.165) is 13.0 Å². The van der Waals surface area contributed by atoms with Crippen LogP contribution in [0.5, 0.6) is 0 Å². The first-order chi connectivity index (χ1) is 5.88. The van der Waals surface area contributed by atoms with E-state index in [-0.39, 0.29) is 0 Å². The van der Waals surface area contributed by atoms with E-state index in [1.807, 2.05) is 0 Å². The zero-order valence-electron chi connectivity index (χ0n) is 7.42. The molecule has 0 aliphatic carbocycles. The molecule has 3 N–H and O–H groups in total. The highest BCUT2D eigenvalue weighted by molar-refractivity contribution is 7.10. The standard InChI is InChI=1S/C9H16N2S/c1-2-8(11-6-5-10)9-4-3-7-12-9/h3-4,7-8,11H,2,5-6,10H2,1H3. The summed E-state index contributed by atoms with van der Waals surface area (Å²) in [5.74, 6) is 0. The Labute approximate surface area is 77.8 Å². The molecule has 0 aliphatic rings. The van der Waals surface area contributed by atoms with E-state index in [1.54, 1.807) is 11.3 Å². The second kappa shape index (κ2) is 5.30. The molecule has 0 bridgehead atoms. The molecule has 1 aromatic heterocycles. The van der Waals surface area contributed by atoms with Crippen LogP contribution < -0.4 is 11.1 Å². The summed E-state index contributed by atoms with van der Waals surface area (Å²) < 4.78 is 0. The Morgan fingerprint density at radius 3 is 3.00 bits per heavy atom. The van der Waals surface area contributed by atoms with Crippen molar-refractivity contribution in [3.05, 3.63) is 22.4 Å². The van der Waals surface area contributed by atoms with Crippen LogP contribution in [-0.4, -0.2) is 13.1 Å². The molecule has 0 aromatic carbocycles. The van der Waals surface area contributed by atoms with Gasteiger partial charge in [0.25, 0.3) is 0 Å². The molecule has 2 nitrogen and oxygen atoms in total. The van der Waals surface area contributed by atoms with Gasteiger partial charge >= 0.3 is 0 Å². The summed E-state index contributed by atoms with van der Waals surface area (Å²) in [4.78, 5) is 1.41. The molecule has 0 spiro atoms. The lowest BCUT2D eigenvalue weighted by Gasteiger charge is -2.14. The van der Waals surface area contributed by atoms with Crippen LogP contribution in [0.2, 0.25) is 0 Å². The van der Waals surface area contributed by atoms with Crippen LogP contribution in [-0.2, 0) is 0 Å². The Morgan fingerprint density at radius 2 is 2.50 bits per heavy atom. The summed E-state index contributed by atoms with van der Waals surface area (Å²) in [6.07, 6.45) is 1.13.